The molecule has 0 aromatic rings. The number of ether oxygens (including phenoxy) is 1. The largest absolute Gasteiger partial charge is 0.375 e. The van der Waals surface area contributed by atoms with Gasteiger partial charge in [-0.2, -0.15) is 0 Å². The quantitative estimate of drug-likeness (QED) is 0.831. The maximum absolute atomic E-state index is 6.07. The fraction of sp³-hybridized carbons (Fsp3) is 1.00. The van der Waals surface area contributed by atoms with Crippen molar-refractivity contribution in [3.05, 3.63) is 0 Å². The van der Waals surface area contributed by atoms with Crippen molar-refractivity contribution in [2.75, 3.05) is 13.7 Å². The van der Waals surface area contributed by atoms with Crippen molar-refractivity contribution in [1.29, 1.82) is 0 Å². The second-order valence-corrected chi connectivity index (χ2v) is 8.04. The normalized spacial score (nSPS) is 29.8. The van der Waals surface area contributed by atoms with Crippen LogP contribution in [0.25, 0.3) is 0 Å². The zero-order valence-electron chi connectivity index (χ0n) is 13.6. The van der Waals surface area contributed by atoms with Crippen LogP contribution >= 0.6 is 0 Å². The van der Waals surface area contributed by atoms with Crippen LogP contribution in [0.5, 0.6) is 0 Å². The van der Waals surface area contributed by atoms with Gasteiger partial charge in [-0.25, -0.2) is 0 Å². The topological polar surface area (TPSA) is 21.3 Å². The Labute approximate surface area is 119 Å². The van der Waals surface area contributed by atoms with E-state index in [0.717, 1.165) is 18.4 Å². The summed E-state index contributed by atoms with van der Waals surface area (Å²) in [5.74, 6) is 1.56. The van der Waals surface area contributed by atoms with Gasteiger partial charge in [0.2, 0.25) is 0 Å². The van der Waals surface area contributed by atoms with Crippen molar-refractivity contribution in [1.82, 2.24) is 5.32 Å². The Balaban J connectivity index is 1.93. The first-order valence-electron chi connectivity index (χ1n) is 8.17. The number of hydrogen-bond donors (Lipinski definition) is 1. The Hall–Kier alpha value is -0.0800. The standard InChI is InChI=1S/C17H33NO/c1-13(16(2,3)4)11-15(18-5)14-7-10-19-17(12-14)8-6-9-17/h13-15,18H,6-12H2,1-5H3. The summed E-state index contributed by atoms with van der Waals surface area (Å²) in [5, 5.41) is 3.61. The molecule has 0 bridgehead atoms. The summed E-state index contributed by atoms with van der Waals surface area (Å²) in [4.78, 5) is 0. The van der Waals surface area contributed by atoms with Crippen LogP contribution in [0.1, 0.15) is 66.2 Å². The molecule has 1 heterocycles. The van der Waals surface area contributed by atoms with Gasteiger partial charge < -0.3 is 10.1 Å². The highest BCUT2D eigenvalue weighted by Gasteiger charge is 2.44. The number of hydrogen-bond acceptors (Lipinski definition) is 2. The molecule has 1 spiro atoms. The van der Waals surface area contributed by atoms with Crippen LogP contribution in [-0.2, 0) is 4.74 Å². The Morgan fingerprint density at radius 2 is 2.00 bits per heavy atom. The molecule has 112 valence electrons. The summed E-state index contributed by atoms with van der Waals surface area (Å²) in [5.41, 5.74) is 0.692. The number of nitrogens with one attached hydrogen (secondary N) is 1. The minimum Gasteiger partial charge on any atom is -0.375 e. The molecule has 0 aromatic carbocycles. The maximum atomic E-state index is 6.07. The first-order chi connectivity index (χ1) is 8.86. The zero-order chi connectivity index (χ0) is 14.1. The molecule has 2 rings (SSSR count). The van der Waals surface area contributed by atoms with Crippen molar-refractivity contribution >= 4 is 0 Å². The van der Waals surface area contributed by atoms with E-state index in [1.54, 1.807) is 0 Å². The lowest BCUT2D eigenvalue weighted by Crippen LogP contribution is -2.50. The van der Waals surface area contributed by atoms with Crippen molar-refractivity contribution in [2.24, 2.45) is 17.3 Å². The molecule has 2 fully saturated rings. The highest BCUT2D eigenvalue weighted by Crippen LogP contribution is 2.45. The van der Waals surface area contributed by atoms with Crippen LogP contribution in [0, 0.1) is 17.3 Å². The minimum atomic E-state index is 0.281. The minimum absolute atomic E-state index is 0.281. The smallest absolute Gasteiger partial charge is 0.0685 e. The lowest BCUT2D eigenvalue weighted by molar-refractivity contribution is -0.147. The Morgan fingerprint density at radius 3 is 2.47 bits per heavy atom. The van der Waals surface area contributed by atoms with E-state index in [1.165, 1.54) is 38.5 Å². The van der Waals surface area contributed by atoms with Crippen LogP contribution in [0.4, 0.5) is 0 Å². The highest BCUT2D eigenvalue weighted by atomic mass is 16.5. The van der Waals surface area contributed by atoms with Crippen LogP contribution in [0.3, 0.4) is 0 Å². The van der Waals surface area contributed by atoms with E-state index in [0.29, 0.717) is 11.5 Å². The lowest BCUT2D eigenvalue weighted by atomic mass is 9.68. The van der Waals surface area contributed by atoms with Crippen LogP contribution in [-0.4, -0.2) is 25.3 Å². The molecular weight excluding hydrogens is 234 g/mol. The van der Waals surface area contributed by atoms with E-state index < -0.39 is 0 Å². The SMILES string of the molecule is CNC(CC(C)C(C)(C)C)C1CCOC2(CCC2)C1. The molecule has 0 amide bonds. The van der Waals surface area contributed by atoms with Crippen molar-refractivity contribution in [3.8, 4) is 0 Å². The number of rotatable bonds is 4. The molecule has 1 saturated heterocycles. The van der Waals surface area contributed by atoms with Gasteiger partial charge in [0.1, 0.15) is 0 Å². The van der Waals surface area contributed by atoms with Crippen LogP contribution in [0.15, 0.2) is 0 Å². The molecular formula is C17H33NO. The zero-order valence-corrected chi connectivity index (χ0v) is 13.6. The van der Waals surface area contributed by atoms with E-state index >= 15 is 0 Å². The highest BCUT2D eigenvalue weighted by molar-refractivity contribution is 4.97. The molecule has 19 heavy (non-hydrogen) atoms. The molecule has 2 aliphatic rings. The third-order valence-electron chi connectivity index (χ3n) is 5.82. The fourth-order valence-electron chi connectivity index (χ4n) is 3.61. The van der Waals surface area contributed by atoms with Gasteiger partial charge in [-0.05, 0) is 62.8 Å². The molecule has 3 atom stereocenters. The maximum Gasteiger partial charge on any atom is 0.0685 e. The third-order valence-corrected chi connectivity index (χ3v) is 5.82. The Bertz CT molecular complexity index is 290. The van der Waals surface area contributed by atoms with Crippen LogP contribution in [0.2, 0.25) is 0 Å². The van der Waals surface area contributed by atoms with Crippen LogP contribution < -0.4 is 5.32 Å². The second-order valence-electron chi connectivity index (χ2n) is 8.04. The average molecular weight is 267 g/mol. The summed E-state index contributed by atoms with van der Waals surface area (Å²) in [6.07, 6.45) is 7.79. The predicted octanol–water partition coefficient (Wildman–Crippen LogP) is 4.00. The van der Waals surface area contributed by atoms with Gasteiger partial charge >= 0.3 is 0 Å². The van der Waals surface area contributed by atoms with Crippen molar-refractivity contribution in [2.45, 2.75) is 77.9 Å². The van der Waals surface area contributed by atoms with E-state index in [1.807, 2.05) is 0 Å². The van der Waals surface area contributed by atoms with E-state index in [2.05, 4.69) is 40.1 Å². The molecule has 1 aliphatic carbocycles. The molecule has 0 aromatic heterocycles. The van der Waals surface area contributed by atoms with E-state index in [-0.39, 0.29) is 5.60 Å². The molecule has 1 aliphatic heterocycles. The Kier molecular flexibility index (Phi) is 4.62. The molecule has 2 heteroatoms. The summed E-state index contributed by atoms with van der Waals surface area (Å²) in [6, 6.07) is 0.663. The molecule has 2 nitrogen and oxygen atoms in total. The van der Waals surface area contributed by atoms with Gasteiger partial charge in [0, 0.05) is 12.6 Å². The lowest BCUT2D eigenvalue weighted by Gasteiger charge is -2.49. The summed E-state index contributed by atoms with van der Waals surface area (Å²) >= 11 is 0. The van der Waals surface area contributed by atoms with Crippen molar-refractivity contribution in [3.63, 3.8) is 0 Å². The van der Waals surface area contributed by atoms with E-state index in [4.69, 9.17) is 4.74 Å². The summed E-state index contributed by atoms with van der Waals surface area (Å²) < 4.78 is 6.07. The van der Waals surface area contributed by atoms with Gasteiger partial charge in [-0.1, -0.05) is 27.7 Å². The third kappa shape index (κ3) is 3.52. The van der Waals surface area contributed by atoms with Gasteiger partial charge in [0.15, 0.2) is 0 Å². The molecule has 1 saturated carbocycles. The van der Waals surface area contributed by atoms with Gasteiger partial charge in [0.25, 0.3) is 0 Å². The van der Waals surface area contributed by atoms with Gasteiger partial charge in [-0.3, -0.25) is 0 Å². The molecule has 3 unspecified atom stereocenters. The van der Waals surface area contributed by atoms with Crippen molar-refractivity contribution < 1.29 is 4.74 Å². The second kappa shape index (κ2) is 5.73. The molecule has 0 radical (unpaired) electrons. The predicted molar refractivity (Wildman–Crippen MR) is 81.3 cm³/mol. The molecule has 1 N–H and O–H groups in total. The summed E-state index contributed by atoms with van der Waals surface area (Å²) in [7, 11) is 2.14. The Morgan fingerprint density at radius 1 is 1.32 bits per heavy atom. The summed E-state index contributed by atoms with van der Waals surface area (Å²) in [6.45, 7) is 10.5. The first-order valence-corrected chi connectivity index (χ1v) is 8.17. The first kappa shape index (κ1) is 15.3. The monoisotopic (exact) mass is 267 g/mol. The van der Waals surface area contributed by atoms with Gasteiger partial charge in [-0.15, -0.1) is 0 Å². The van der Waals surface area contributed by atoms with E-state index in [9.17, 15) is 0 Å². The average Bonchev–Trinajstić information content (AvgIpc) is 2.32. The fourth-order valence-corrected chi connectivity index (χ4v) is 3.61. The van der Waals surface area contributed by atoms with Gasteiger partial charge in [0.05, 0.1) is 5.60 Å².